The molecule has 0 atom stereocenters. The van der Waals surface area contributed by atoms with Crippen molar-refractivity contribution < 1.29 is 0 Å². The lowest BCUT2D eigenvalue weighted by atomic mass is 10.2. The average molecular weight is 318 g/mol. The van der Waals surface area contributed by atoms with E-state index < -0.39 is 0 Å². The second kappa shape index (κ2) is 5.77. The summed E-state index contributed by atoms with van der Waals surface area (Å²) < 4.78 is 1.05. The number of rotatable bonds is 4. The predicted molar refractivity (Wildman–Crippen MR) is 71.8 cm³/mol. The van der Waals surface area contributed by atoms with Crippen LogP contribution in [-0.4, -0.2) is 4.98 Å². The van der Waals surface area contributed by atoms with Crippen LogP contribution in [0.25, 0.3) is 0 Å². The summed E-state index contributed by atoms with van der Waals surface area (Å²) in [7, 11) is 0. The predicted octanol–water partition coefficient (Wildman–Crippen LogP) is 3.85. The fourth-order valence-electron chi connectivity index (χ4n) is 1.33. The highest BCUT2D eigenvalue weighted by Gasteiger charge is 2.01. The first kappa shape index (κ1) is 12.0. The van der Waals surface area contributed by atoms with Crippen LogP contribution in [0.4, 0.5) is 0 Å². The summed E-state index contributed by atoms with van der Waals surface area (Å²) in [6.07, 6.45) is 1.88. The number of aromatic nitrogens is 1. The standard InChI is InChI=1S/C11H10BrClN2S/c12-9-1-2-11(13)8(3-9)4-14-5-10-6-15-7-16-10/h1-3,6-7,14H,4-5H2. The minimum absolute atomic E-state index is 0.760. The summed E-state index contributed by atoms with van der Waals surface area (Å²) in [5.41, 5.74) is 2.93. The number of halogens is 2. The Balaban J connectivity index is 1.92. The van der Waals surface area contributed by atoms with Gasteiger partial charge in [-0.2, -0.15) is 0 Å². The zero-order chi connectivity index (χ0) is 11.4. The van der Waals surface area contributed by atoms with Gasteiger partial charge < -0.3 is 5.32 Å². The normalized spacial score (nSPS) is 10.6. The lowest BCUT2D eigenvalue weighted by Crippen LogP contribution is -2.12. The Morgan fingerprint density at radius 3 is 3.00 bits per heavy atom. The SMILES string of the molecule is Clc1ccc(Br)cc1CNCc1cncs1. The molecule has 2 rings (SSSR count). The summed E-state index contributed by atoms with van der Waals surface area (Å²) in [4.78, 5) is 5.25. The third-order valence-corrected chi connectivity index (χ3v) is 3.75. The molecule has 0 aliphatic carbocycles. The van der Waals surface area contributed by atoms with Gasteiger partial charge in [-0.05, 0) is 23.8 Å². The monoisotopic (exact) mass is 316 g/mol. The first-order chi connectivity index (χ1) is 7.75. The van der Waals surface area contributed by atoms with Gasteiger partial charge in [0.15, 0.2) is 0 Å². The number of thiazole rings is 1. The number of nitrogens with zero attached hydrogens (tertiary/aromatic N) is 1. The van der Waals surface area contributed by atoms with Gasteiger partial charge in [0.05, 0.1) is 5.51 Å². The van der Waals surface area contributed by atoms with Crippen LogP contribution in [0, 0.1) is 0 Å². The zero-order valence-electron chi connectivity index (χ0n) is 8.41. The third kappa shape index (κ3) is 3.28. The average Bonchev–Trinajstić information content (AvgIpc) is 2.76. The van der Waals surface area contributed by atoms with Crippen LogP contribution in [0.15, 0.2) is 34.4 Å². The molecule has 1 aromatic carbocycles. The molecule has 0 saturated carbocycles. The Morgan fingerprint density at radius 1 is 1.38 bits per heavy atom. The molecular weight excluding hydrogens is 308 g/mol. The third-order valence-electron chi connectivity index (χ3n) is 2.11. The Bertz CT molecular complexity index is 459. The fraction of sp³-hybridized carbons (Fsp3) is 0.182. The van der Waals surface area contributed by atoms with E-state index in [1.165, 1.54) is 4.88 Å². The molecule has 0 radical (unpaired) electrons. The smallest absolute Gasteiger partial charge is 0.0794 e. The van der Waals surface area contributed by atoms with Crippen molar-refractivity contribution in [3.63, 3.8) is 0 Å². The van der Waals surface area contributed by atoms with Crippen LogP contribution in [0.3, 0.4) is 0 Å². The van der Waals surface area contributed by atoms with Gasteiger partial charge in [0.2, 0.25) is 0 Å². The fourth-order valence-corrected chi connectivity index (χ4v) is 2.49. The van der Waals surface area contributed by atoms with E-state index in [0.717, 1.165) is 28.1 Å². The maximum atomic E-state index is 6.09. The first-order valence-electron chi connectivity index (χ1n) is 4.78. The van der Waals surface area contributed by atoms with Crippen molar-refractivity contribution in [3.8, 4) is 0 Å². The van der Waals surface area contributed by atoms with E-state index in [1.54, 1.807) is 11.3 Å². The minimum Gasteiger partial charge on any atom is -0.308 e. The maximum absolute atomic E-state index is 6.09. The van der Waals surface area contributed by atoms with Crippen molar-refractivity contribution in [2.24, 2.45) is 0 Å². The molecule has 16 heavy (non-hydrogen) atoms. The molecule has 2 aromatic rings. The van der Waals surface area contributed by atoms with Crippen LogP contribution >= 0.6 is 38.9 Å². The Hall–Kier alpha value is -0.420. The van der Waals surface area contributed by atoms with Crippen LogP contribution in [0.5, 0.6) is 0 Å². The van der Waals surface area contributed by atoms with Crippen molar-refractivity contribution in [1.29, 1.82) is 0 Å². The van der Waals surface area contributed by atoms with Gasteiger partial charge in [-0.3, -0.25) is 4.98 Å². The summed E-state index contributed by atoms with van der Waals surface area (Å²) in [6, 6.07) is 5.87. The van der Waals surface area contributed by atoms with E-state index in [1.807, 2.05) is 29.9 Å². The largest absolute Gasteiger partial charge is 0.308 e. The van der Waals surface area contributed by atoms with E-state index in [4.69, 9.17) is 11.6 Å². The van der Waals surface area contributed by atoms with Crippen LogP contribution in [0.1, 0.15) is 10.4 Å². The van der Waals surface area contributed by atoms with E-state index in [9.17, 15) is 0 Å². The quantitative estimate of drug-likeness (QED) is 0.926. The number of nitrogens with one attached hydrogen (secondary N) is 1. The molecular formula is C11H10BrClN2S. The summed E-state index contributed by atoms with van der Waals surface area (Å²) in [6.45, 7) is 1.59. The maximum Gasteiger partial charge on any atom is 0.0794 e. The van der Waals surface area contributed by atoms with Gasteiger partial charge in [0.25, 0.3) is 0 Å². The summed E-state index contributed by atoms with van der Waals surface area (Å²) in [5, 5.41) is 4.13. The van der Waals surface area contributed by atoms with Crippen LogP contribution < -0.4 is 5.32 Å². The van der Waals surface area contributed by atoms with Crippen molar-refractivity contribution in [2.45, 2.75) is 13.1 Å². The molecule has 5 heteroatoms. The molecule has 1 N–H and O–H groups in total. The molecule has 1 aromatic heterocycles. The molecule has 0 amide bonds. The highest BCUT2D eigenvalue weighted by atomic mass is 79.9. The molecule has 1 heterocycles. The zero-order valence-corrected chi connectivity index (χ0v) is 11.6. The molecule has 0 saturated heterocycles. The lowest BCUT2D eigenvalue weighted by Gasteiger charge is -2.06. The van der Waals surface area contributed by atoms with E-state index in [-0.39, 0.29) is 0 Å². The highest BCUT2D eigenvalue weighted by Crippen LogP contribution is 2.20. The molecule has 84 valence electrons. The van der Waals surface area contributed by atoms with Crippen molar-refractivity contribution in [1.82, 2.24) is 10.3 Å². The molecule has 2 nitrogen and oxygen atoms in total. The van der Waals surface area contributed by atoms with Crippen molar-refractivity contribution in [3.05, 3.63) is 49.8 Å². The molecule has 0 spiro atoms. The number of hydrogen-bond donors (Lipinski definition) is 1. The van der Waals surface area contributed by atoms with E-state index in [0.29, 0.717) is 0 Å². The molecule has 0 aliphatic heterocycles. The summed E-state index contributed by atoms with van der Waals surface area (Å²) >= 11 is 11.2. The Kier molecular flexibility index (Phi) is 4.35. The topological polar surface area (TPSA) is 24.9 Å². The van der Waals surface area contributed by atoms with Gasteiger partial charge in [-0.15, -0.1) is 11.3 Å². The highest BCUT2D eigenvalue weighted by molar-refractivity contribution is 9.10. The second-order valence-electron chi connectivity index (χ2n) is 3.31. The molecule has 0 fully saturated rings. The molecule has 0 bridgehead atoms. The van der Waals surface area contributed by atoms with Gasteiger partial charge >= 0.3 is 0 Å². The van der Waals surface area contributed by atoms with Crippen LogP contribution in [0.2, 0.25) is 5.02 Å². The van der Waals surface area contributed by atoms with Crippen molar-refractivity contribution >= 4 is 38.9 Å². The van der Waals surface area contributed by atoms with Crippen molar-refractivity contribution in [2.75, 3.05) is 0 Å². The number of hydrogen-bond acceptors (Lipinski definition) is 3. The Labute approximate surface area is 112 Å². The molecule has 0 unspecified atom stereocenters. The lowest BCUT2D eigenvalue weighted by molar-refractivity contribution is 0.700. The van der Waals surface area contributed by atoms with Gasteiger partial charge in [0, 0.05) is 33.7 Å². The van der Waals surface area contributed by atoms with E-state index >= 15 is 0 Å². The molecule has 0 aliphatic rings. The van der Waals surface area contributed by atoms with Gasteiger partial charge in [-0.25, -0.2) is 0 Å². The number of benzene rings is 1. The Morgan fingerprint density at radius 2 is 2.25 bits per heavy atom. The second-order valence-corrected chi connectivity index (χ2v) is 5.60. The minimum atomic E-state index is 0.760. The van der Waals surface area contributed by atoms with E-state index in [2.05, 4.69) is 26.2 Å². The first-order valence-corrected chi connectivity index (χ1v) is 6.83. The van der Waals surface area contributed by atoms with Gasteiger partial charge in [-0.1, -0.05) is 27.5 Å². The van der Waals surface area contributed by atoms with Gasteiger partial charge in [0.1, 0.15) is 0 Å². The summed E-state index contributed by atoms with van der Waals surface area (Å²) in [5.74, 6) is 0. The van der Waals surface area contributed by atoms with Crippen LogP contribution in [-0.2, 0) is 13.1 Å².